The van der Waals surface area contributed by atoms with Crippen molar-refractivity contribution in [3.8, 4) is 11.5 Å². The fourth-order valence-corrected chi connectivity index (χ4v) is 4.72. The Kier molecular flexibility index (Phi) is 7.52. The number of carbonyl (C=O) groups excluding carboxylic acids is 1. The largest absolute Gasteiger partial charge is 0.493 e. The van der Waals surface area contributed by atoms with Crippen LogP contribution >= 0.6 is 0 Å². The molecule has 2 heterocycles. The molecule has 8 nitrogen and oxygen atoms in total. The van der Waals surface area contributed by atoms with E-state index in [4.69, 9.17) is 15.2 Å². The van der Waals surface area contributed by atoms with E-state index in [-0.39, 0.29) is 35.6 Å². The maximum absolute atomic E-state index is 14.9. The average molecular weight is 536 g/mol. The van der Waals surface area contributed by atoms with Crippen molar-refractivity contribution in [2.45, 2.75) is 51.9 Å². The van der Waals surface area contributed by atoms with Gasteiger partial charge in [-0.25, -0.2) is 14.4 Å². The molecule has 1 aliphatic rings. The van der Waals surface area contributed by atoms with E-state index in [2.05, 4.69) is 15.3 Å². The van der Waals surface area contributed by atoms with Gasteiger partial charge < -0.3 is 25.4 Å². The Balaban J connectivity index is 1.69. The number of aromatic nitrogens is 2. The first-order chi connectivity index (χ1) is 17.9. The van der Waals surface area contributed by atoms with Gasteiger partial charge in [0, 0.05) is 36.2 Å². The summed E-state index contributed by atoms with van der Waals surface area (Å²) >= 11 is 0. The quantitative estimate of drug-likeness (QED) is 0.315. The SMILES string of the molecule is COc1cc2nc(C)nc(N[C@H](C)c3cc(N)cc(C(F)(F)F)c3F)c2cc1OC[C@@H]1CCCN1C(C)=O. The molecule has 12 heteroatoms. The predicted molar refractivity (Wildman–Crippen MR) is 135 cm³/mol. The number of hydrogen-bond donors (Lipinski definition) is 2. The minimum absolute atomic E-state index is 0.0200. The third-order valence-electron chi connectivity index (χ3n) is 6.55. The summed E-state index contributed by atoms with van der Waals surface area (Å²) in [5.74, 6) is 0.0308. The highest BCUT2D eigenvalue weighted by Gasteiger charge is 2.36. The molecule has 3 aromatic rings. The van der Waals surface area contributed by atoms with Crippen LogP contribution in [0.2, 0.25) is 0 Å². The van der Waals surface area contributed by atoms with Gasteiger partial charge in [-0.2, -0.15) is 13.2 Å². The summed E-state index contributed by atoms with van der Waals surface area (Å²) in [7, 11) is 1.49. The van der Waals surface area contributed by atoms with Crippen LogP contribution in [0.5, 0.6) is 11.5 Å². The Morgan fingerprint density at radius 1 is 1.24 bits per heavy atom. The summed E-state index contributed by atoms with van der Waals surface area (Å²) in [4.78, 5) is 22.5. The van der Waals surface area contributed by atoms with Crippen LogP contribution in [0.1, 0.15) is 49.7 Å². The van der Waals surface area contributed by atoms with Crippen molar-refractivity contribution in [3.05, 3.63) is 47.0 Å². The molecule has 0 spiro atoms. The molecule has 2 aromatic carbocycles. The molecule has 4 rings (SSSR count). The predicted octanol–water partition coefficient (Wildman–Crippen LogP) is 5.25. The molecule has 1 amide bonds. The van der Waals surface area contributed by atoms with Crippen LogP contribution in [0, 0.1) is 12.7 Å². The monoisotopic (exact) mass is 535 g/mol. The zero-order valence-corrected chi connectivity index (χ0v) is 21.4. The summed E-state index contributed by atoms with van der Waals surface area (Å²) in [6.45, 7) is 5.62. The van der Waals surface area contributed by atoms with Crippen molar-refractivity contribution in [2.24, 2.45) is 0 Å². The number of amides is 1. The molecule has 2 atom stereocenters. The zero-order valence-electron chi connectivity index (χ0n) is 21.4. The van der Waals surface area contributed by atoms with Crippen LogP contribution in [0.25, 0.3) is 10.9 Å². The van der Waals surface area contributed by atoms with Crippen molar-refractivity contribution in [1.29, 1.82) is 0 Å². The summed E-state index contributed by atoms with van der Waals surface area (Å²) in [6.07, 6.45) is -3.20. The number of methoxy groups -OCH3 is 1. The van der Waals surface area contributed by atoms with E-state index in [0.29, 0.717) is 40.8 Å². The minimum Gasteiger partial charge on any atom is -0.493 e. The van der Waals surface area contributed by atoms with Crippen LogP contribution in [-0.4, -0.2) is 47.1 Å². The lowest BCUT2D eigenvalue weighted by Crippen LogP contribution is -2.37. The third-order valence-corrected chi connectivity index (χ3v) is 6.55. The molecule has 0 saturated carbocycles. The van der Waals surface area contributed by atoms with Crippen LogP contribution in [0.4, 0.5) is 29.1 Å². The van der Waals surface area contributed by atoms with E-state index in [1.807, 2.05) is 0 Å². The lowest BCUT2D eigenvalue weighted by molar-refractivity contribution is -0.140. The number of benzene rings is 2. The van der Waals surface area contributed by atoms with Crippen LogP contribution < -0.4 is 20.5 Å². The molecule has 0 radical (unpaired) electrons. The first-order valence-electron chi connectivity index (χ1n) is 12.1. The Morgan fingerprint density at radius 2 is 1.97 bits per heavy atom. The van der Waals surface area contributed by atoms with Crippen molar-refractivity contribution >= 4 is 28.3 Å². The van der Waals surface area contributed by atoms with E-state index in [1.54, 1.807) is 24.0 Å². The number of nitrogens with zero attached hydrogens (tertiary/aromatic N) is 3. The number of ether oxygens (including phenoxy) is 2. The van der Waals surface area contributed by atoms with Gasteiger partial charge in [-0.1, -0.05) is 0 Å². The summed E-state index contributed by atoms with van der Waals surface area (Å²) in [6, 6.07) is 4.06. The van der Waals surface area contributed by atoms with Crippen molar-refractivity contribution in [2.75, 3.05) is 31.3 Å². The fraction of sp³-hybridized carbons (Fsp3) is 0.423. The number of nitrogen functional groups attached to an aromatic ring is 1. The minimum atomic E-state index is -4.90. The number of rotatable bonds is 7. The molecule has 0 aliphatic carbocycles. The van der Waals surface area contributed by atoms with Gasteiger partial charge in [0.25, 0.3) is 0 Å². The van der Waals surface area contributed by atoms with Gasteiger partial charge >= 0.3 is 6.18 Å². The summed E-state index contributed by atoms with van der Waals surface area (Å²) in [5.41, 5.74) is 4.26. The fourth-order valence-electron chi connectivity index (χ4n) is 4.72. The van der Waals surface area contributed by atoms with Gasteiger partial charge in [-0.05, 0) is 44.9 Å². The third kappa shape index (κ3) is 5.53. The second-order valence-corrected chi connectivity index (χ2v) is 9.29. The van der Waals surface area contributed by atoms with Gasteiger partial charge in [0.2, 0.25) is 5.91 Å². The summed E-state index contributed by atoms with van der Waals surface area (Å²) < 4.78 is 66.5. The molecular weight excluding hydrogens is 506 g/mol. The number of carbonyl (C=O) groups is 1. The first-order valence-corrected chi connectivity index (χ1v) is 12.1. The number of nitrogens with one attached hydrogen (secondary N) is 1. The number of aryl methyl sites for hydroxylation is 1. The standard InChI is InChI=1S/C26H29F4N5O3/c1-13(18-8-16(31)9-20(24(18)27)26(28,29)30)32-25-19-10-23(22(37-4)11-21(19)33-14(2)34-25)38-12-17-6-5-7-35(17)15(3)36/h8-11,13,17H,5-7,12,31H2,1-4H3,(H,32,33,34)/t13-,17+/m1/s1. The average Bonchev–Trinajstić information content (AvgIpc) is 3.31. The summed E-state index contributed by atoms with van der Waals surface area (Å²) in [5, 5.41) is 3.50. The van der Waals surface area contributed by atoms with E-state index in [1.165, 1.54) is 27.0 Å². The molecule has 1 saturated heterocycles. The number of nitrogens with two attached hydrogens (primary N) is 1. The van der Waals surface area contributed by atoms with E-state index < -0.39 is 23.6 Å². The van der Waals surface area contributed by atoms with Gasteiger partial charge in [-0.15, -0.1) is 0 Å². The molecule has 38 heavy (non-hydrogen) atoms. The van der Waals surface area contributed by atoms with E-state index in [0.717, 1.165) is 12.8 Å². The topological polar surface area (TPSA) is 103 Å². The van der Waals surface area contributed by atoms with Crippen molar-refractivity contribution < 1.29 is 31.8 Å². The zero-order chi connectivity index (χ0) is 27.8. The number of hydrogen-bond acceptors (Lipinski definition) is 7. The lowest BCUT2D eigenvalue weighted by atomic mass is 10.0. The van der Waals surface area contributed by atoms with Crippen molar-refractivity contribution in [3.63, 3.8) is 0 Å². The first kappa shape index (κ1) is 27.2. The molecule has 1 fully saturated rings. The Hall–Kier alpha value is -3.83. The van der Waals surface area contributed by atoms with Gasteiger partial charge in [0.1, 0.15) is 24.1 Å². The second kappa shape index (κ2) is 10.5. The maximum atomic E-state index is 14.9. The van der Waals surface area contributed by atoms with Crippen LogP contribution in [0.15, 0.2) is 24.3 Å². The van der Waals surface area contributed by atoms with Gasteiger partial charge in [0.15, 0.2) is 11.5 Å². The van der Waals surface area contributed by atoms with Crippen LogP contribution in [-0.2, 0) is 11.0 Å². The van der Waals surface area contributed by atoms with E-state index >= 15 is 0 Å². The number of likely N-dealkylation sites (tertiary alicyclic amines) is 1. The smallest absolute Gasteiger partial charge is 0.419 e. The molecule has 204 valence electrons. The van der Waals surface area contributed by atoms with Crippen molar-refractivity contribution in [1.82, 2.24) is 14.9 Å². The van der Waals surface area contributed by atoms with Gasteiger partial charge in [0.05, 0.1) is 30.3 Å². The number of halogens is 4. The second-order valence-electron chi connectivity index (χ2n) is 9.29. The molecule has 3 N–H and O–H groups in total. The molecule has 0 bridgehead atoms. The van der Waals surface area contributed by atoms with Crippen LogP contribution in [0.3, 0.4) is 0 Å². The molecule has 1 aliphatic heterocycles. The van der Waals surface area contributed by atoms with Gasteiger partial charge in [-0.3, -0.25) is 4.79 Å². The molecule has 1 aromatic heterocycles. The molecule has 0 unspecified atom stereocenters. The highest BCUT2D eigenvalue weighted by Crippen LogP contribution is 2.38. The lowest BCUT2D eigenvalue weighted by Gasteiger charge is -2.24. The maximum Gasteiger partial charge on any atom is 0.419 e. The highest BCUT2D eigenvalue weighted by molar-refractivity contribution is 5.92. The highest BCUT2D eigenvalue weighted by atomic mass is 19.4. The van der Waals surface area contributed by atoms with E-state index in [9.17, 15) is 22.4 Å². The number of anilines is 2. The normalized spacial score (nSPS) is 16.5. The number of fused-ring (bicyclic) bond motifs is 1. The molecular formula is C26H29F4N5O3. The Morgan fingerprint density at radius 3 is 2.63 bits per heavy atom. The number of alkyl halides is 3. The Bertz CT molecular complexity index is 1370. The Labute approximate surface area is 217 Å².